The molecule has 2 saturated heterocycles. The van der Waals surface area contributed by atoms with E-state index in [9.17, 15) is 0 Å². The van der Waals surface area contributed by atoms with Gasteiger partial charge in [0.2, 0.25) is 0 Å². The van der Waals surface area contributed by atoms with Crippen LogP contribution in [0.5, 0.6) is 0 Å². The zero-order valence-electron chi connectivity index (χ0n) is 13.6. The van der Waals surface area contributed by atoms with Crippen molar-refractivity contribution in [3.8, 4) is 0 Å². The van der Waals surface area contributed by atoms with Crippen LogP contribution in [0, 0.1) is 5.92 Å². The minimum atomic E-state index is 0.538. The Labute approximate surface area is 125 Å². The Morgan fingerprint density at radius 1 is 0.900 bits per heavy atom. The Hall–Kier alpha value is -0.120. The highest BCUT2D eigenvalue weighted by Gasteiger charge is 2.22. The molecule has 2 fully saturated rings. The number of ether oxygens (including phenoxy) is 1. The average Bonchev–Trinajstić information content (AvgIpc) is 2.52. The molecule has 2 heterocycles. The minimum Gasteiger partial charge on any atom is -0.378 e. The minimum absolute atomic E-state index is 0.538. The monoisotopic (exact) mass is 282 g/mol. The van der Waals surface area contributed by atoms with Gasteiger partial charge in [-0.3, -0.25) is 0 Å². The Morgan fingerprint density at radius 2 is 1.55 bits per heavy atom. The molecule has 0 radical (unpaired) electrons. The molecule has 2 aliphatic rings. The molecule has 2 rings (SSSR count). The van der Waals surface area contributed by atoms with Gasteiger partial charge in [0.15, 0.2) is 0 Å². The predicted molar refractivity (Wildman–Crippen MR) is 85.2 cm³/mol. The summed E-state index contributed by atoms with van der Waals surface area (Å²) in [6.45, 7) is 13.1. The van der Waals surface area contributed by atoms with Crippen LogP contribution in [0.1, 0.15) is 52.4 Å². The van der Waals surface area contributed by atoms with Gasteiger partial charge in [-0.25, -0.2) is 0 Å². The van der Waals surface area contributed by atoms with Crippen LogP contribution in [0.4, 0.5) is 0 Å². The quantitative estimate of drug-likeness (QED) is 0.714. The number of nitrogens with zero attached hydrogens (tertiary/aromatic N) is 2. The highest BCUT2D eigenvalue weighted by atomic mass is 16.5. The van der Waals surface area contributed by atoms with E-state index < -0.39 is 0 Å². The molecule has 0 amide bonds. The summed E-state index contributed by atoms with van der Waals surface area (Å²) in [6.07, 6.45) is 8.38. The van der Waals surface area contributed by atoms with E-state index in [-0.39, 0.29) is 0 Å². The zero-order chi connectivity index (χ0) is 14.2. The second kappa shape index (κ2) is 9.01. The molecule has 2 aliphatic heterocycles. The molecule has 118 valence electrons. The molecule has 0 aliphatic carbocycles. The van der Waals surface area contributed by atoms with Gasteiger partial charge < -0.3 is 14.5 Å². The van der Waals surface area contributed by atoms with Crippen LogP contribution in [0.15, 0.2) is 0 Å². The summed E-state index contributed by atoms with van der Waals surface area (Å²) >= 11 is 0. The van der Waals surface area contributed by atoms with Crippen molar-refractivity contribution in [3.63, 3.8) is 0 Å². The molecule has 0 aromatic heterocycles. The van der Waals surface area contributed by atoms with Crippen LogP contribution in [-0.4, -0.2) is 61.8 Å². The van der Waals surface area contributed by atoms with Gasteiger partial charge in [-0.05, 0) is 64.2 Å². The number of likely N-dealkylation sites (tertiary alicyclic amines) is 2. The number of rotatable bonds is 7. The first kappa shape index (κ1) is 16.3. The predicted octanol–water partition coefficient (Wildman–Crippen LogP) is 3.00. The molecule has 0 saturated carbocycles. The van der Waals surface area contributed by atoms with Crippen molar-refractivity contribution in [1.29, 1.82) is 0 Å². The summed E-state index contributed by atoms with van der Waals surface area (Å²) in [5.74, 6) is 0.817. The average molecular weight is 282 g/mol. The Bertz CT molecular complexity index is 243. The van der Waals surface area contributed by atoms with Crippen molar-refractivity contribution >= 4 is 0 Å². The Morgan fingerprint density at radius 3 is 2.15 bits per heavy atom. The van der Waals surface area contributed by atoms with Gasteiger partial charge in [0, 0.05) is 19.7 Å². The van der Waals surface area contributed by atoms with E-state index in [2.05, 4.69) is 23.6 Å². The number of hydrogen-bond donors (Lipinski definition) is 0. The summed E-state index contributed by atoms with van der Waals surface area (Å²) in [5.41, 5.74) is 0. The van der Waals surface area contributed by atoms with Gasteiger partial charge in [-0.15, -0.1) is 0 Å². The molecule has 0 aromatic rings. The number of hydrogen-bond acceptors (Lipinski definition) is 3. The third kappa shape index (κ3) is 5.34. The lowest BCUT2D eigenvalue weighted by atomic mass is 9.97. The van der Waals surface area contributed by atoms with Crippen molar-refractivity contribution in [2.75, 3.05) is 45.9 Å². The van der Waals surface area contributed by atoms with Crippen molar-refractivity contribution < 1.29 is 4.74 Å². The smallest absolute Gasteiger partial charge is 0.0599 e. The van der Waals surface area contributed by atoms with Gasteiger partial charge in [0.05, 0.1) is 6.10 Å². The maximum atomic E-state index is 6.19. The van der Waals surface area contributed by atoms with Gasteiger partial charge in [0.1, 0.15) is 0 Å². The van der Waals surface area contributed by atoms with Crippen molar-refractivity contribution in [1.82, 2.24) is 9.80 Å². The fourth-order valence-electron chi connectivity index (χ4n) is 3.42. The van der Waals surface area contributed by atoms with Crippen molar-refractivity contribution in [2.24, 2.45) is 5.92 Å². The van der Waals surface area contributed by atoms with E-state index in [1.54, 1.807) is 0 Å². The summed E-state index contributed by atoms with van der Waals surface area (Å²) in [4.78, 5) is 5.17. The Kier molecular flexibility index (Phi) is 7.32. The van der Waals surface area contributed by atoms with Crippen LogP contribution in [-0.2, 0) is 4.74 Å². The normalized spacial score (nSPS) is 24.3. The van der Waals surface area contributed by atoms with E-state index in [0.717, 1.165) is 12.5 Å². The van der Waals surface area contributed by atoms with E-state index in [1.165, 1.54) is 77.8 Å². The molecule has 3 heteroatoms. The summed E-state index contributed by atoms with van der Waals surface area (Å²) in [6, 6.07) is 0. The van der Waals surface area contributed by atoms with Crippen LogP contribution >= 0.6 is 0 Å². The number of unbranched alkanes of at least 4 members (excludes halogenated alkanes) is 1. The first-order valence-corrected chi connectivity index (χ1v) is 8.88. The van der Waals surface area contributed by atoms with Crippen LogP contribution in [0.25, 0.3) is 0 Å². The molecular weight excluding hydrogens is 248 g/mol. The molecule has 0 aromatic carbocycles. The lowest BCUT2D eigenvalue weighted by Gasteiger charge is -2.34. The largest absolute Gasteiger partial charge is 0.378 e. The topological polar surface area (TPSA) is 15.7 Å². The molecule has 0 N–H and O–H groups in total. The van der Waals surface area contributed by atoms with Crippen LogP contribution < -0.4 is 0 Å². The lowest BCUT2D eigenvalue weighted by molar-refractivity contribution is -0.0185. The summed E-state index contributed by atoms with van der Waals surface area (Å²) in [5, 5.41) is 0. The van der Waals surface area contributed by atoms with E-state index in [1.807, 2.05) is 0 Å². The second-order valence-corrected chi connectivity index (χ2v) is 6.61. The van der Waals surface area contributed by atoms with Gasteiger partial charge >= 0.3 is 0 Å². The molecule has 20 heavy (non-hydrogen) atoms. The zero-order valence-corrected chi connectivity index (χ0v) is 13.6. The van der Waals surface area contributed by atoms with E-state index in [4.69, 9.17) is 4.74 Å². The third-order valence-corrected chi connectivity index (χ3v) is 5.08. The maximum absolute atomic E-state index is 6.19. The fourth-order valence-corrected chi connectivity index (χ4v) is 3.42. The second-order valence-electron chi connectivity index (χ2n) is 6.61. The molecule has 0 atom stereocenters. The van der Waals surface area contributed by atoms with Crippen molar-refractivity contribution in [2.45, 2.75) is 58.5 Å². The van der Waals surface area contributed by atoms with E-state index in [0.29, 0.717) is 6.10 Å². The first-order valence-electron chi connectivity index (χ1n) is 8.88. The molecular formula is C17H34N2O. The van der Waals surface area contributed by atoms with Crippen LogP contribution in [0.2, 0.25) is 0 Å². The Balaban J connectivity index is 1.55. The first-order chi connectivity index (χ1) is 9.81. The van der Waals surface area contributed by atoms with Crippen molar-refractivity contribution in [3.05, 3.63) is 0 Å². The van der Waals surface area contributed by atoms with Gasteiger partial charge in [0.25, 0.3) is 0 Å². The molecule has 3 nitrogen and oxygen atoms in total. The molecule has 0 unspecified atom stereocenters. The van der Waals surface area contributed by atoms with Gasteiger partial charge in [-0.2, -0.15) is 0 Å². The molecule has 0 spiro atoms. The van der Waals surface area contributed by atoms with Crippen LogP contribution in [0.3, 0.4) is 0 Å². The standard InChI is InChI=1S/C17H34N2O/c1-3-5-10-19-11-6-16(7-12-19)15-20-17-8-13-18(4-2)14-9-17/h16-17H,3-15H2,1-2H3. The summed E-state index contributed by atoms with van der Waals surface area (Å²) < 4.78 is 6.19. The summed E-state index contributed by atoms with van der Waals surface area (Å²) in [7, 11) is 0. The van der Waals surface area contributed by atoms with Gasteiger partial charge in [-0.1, -0.05) is 20.3 Å². The lowest BCUT2D eigenvalue weighted by Crippen LogP contribution is -2.39. The molecule has 0 bridgehead atoms. The highest BCUT2D eigenvalue weighted by molar-refractivity contribution is 4.75. The fraction of sp³-hybridized carbons (Fsp3) is 1.00. The third-order valence-electron chi connectivity index (χ3n) is 5.08. The number of piperidine rings is 2. The van der Waals surface area contributed by atoms with E-state index >= 15 is 0 Å². The SMILES string of the molecule is CCCCN1CCC(COC2CCN(CC)CC2)CC1. The maximum Gasteiger partial charge on any atom is 0.0599 e. The highest BCUT2D eigenvalue weighted by Crippen LogP contribution is 2.20.